The maximum absolute atomic E-state index is 4.50. The lowest BCUT2D eigenvalue weighted by atomic mass is 9.82. The number of fused-ring (bicyclic) bond motifs is 5. The fraction of sp³-hybridized carbons (Fsp3) is 0.0667. The van der Waals surface area contributed by atoms with Crippen molar-refractivity contribution in [2.24, 2.45) is 0 Å². The number of benzene rings is 6. The molecule has 2 aliphatic rings. The van der Waals surface area contributed by atoms with Gasteiger partial charge < -0.3 is 4.90 Å². The lowest BCUT2D eigenvalue weighted by Gasteiger charge is -2.30. The molecule has 0 spiro atoms. The van der Waals surface area contributed by atoms with Crippen LogP contribution < -0.4 is 4.90 Å². The first-order valence-electron chi connectivity index (χ1n) is 16.1. The number of hydrogen-bond donors (Lipinski definition) is 0. The Morgan fingerprint density at radius 3 is 1.66 bits per heavy atom. The van der Waals surface area contributed by atoms with Crippen LogP contribution in [0.4, 0.5) is 11.4 Å². The average Bonchev–Trinajstić information content (AvgIpc) is 3.35. The standard InChI is InChI=1S/C45H35NS/c1-31-13-12-20-42(47-44-38(31)29-30-41-43(44)39-18-10-11-19-40(39)45(41,2)3)46(36-25-21-34(22-26-36)32-14-6-4-7-15-32)37-27-23-35(24-28-37)33-16-8-5-9-17-33/h4-30H,1H2,2-3H3/b13-12-,42-20-. The number of allylic oxidation sites excluding steroid dienone is 4. The average molecular weight is 622 g/mol. The van der Waals surface area contributed by atoms with E-state index in [2.05, 4.69) is 189 Å². The van der Waals surface area contributed by atoms with E-state index in [0.717, 1.165) is 22.0 Å². The number of thioether (sulfide) groups is 1. The smallest absolute Gasteiger partial charge is 0.0847 e. The van der Waals surface area contributed by atoms with Crippen molar-refractivity contribution >= 4 is 28.7 Å². The number of rotatable bonds is 5. The number of anilines is 2. The Labute approximate surface area is 282 Å². The highest BCUT2D eigenvalue weighted by molar-refractivity contribution is 8.03. The monoisotopic (exact) mass is 621 g/mol. The molecule has 0 unspecified atom stereocenters. The first kappa shape index (κ1) is 29.1. The van der Waals surface area contributed by atoms with Crippen molar-refractivity contribution in [3.63, 3.8) is 0 Å². The molecule has 0 saturated heterocycles. The van der Waals surface area contributed by atoms with E-state index in [9.17, 15) is 0 Å². The molecule has 1 heterocycles. The minimum atomic E-state index is -0.0782. The molecule has 6 aromatic rings. The van der Waals surface area contributed by atoms with E-state index in [0.29, 0.717) is 0 Å². The summed E-state index contributed by atoms with van der Waals surface area (Å²) < 4.78 is 0. The fourth-order valence-corrected chi connectivity index (χ4v) is 8.28. The molecule has 6 aromatic carbocycles. The van der Waals surface area contributed by atoms with Crippen LogP contribution in [0.15, 0.2) is 180 Å². The second kappa shape index (κ2) is 11.8. The summed E-state index contributed by atoms with van der Waals surface area (Å²) in [6.07, 6.45) is 6.52. The van der Waals surface area contributed by atoms with Crippen LogP contribution in [0, 0.1) is 0 Å². The molecular weight excluding hydrogens is 587 g/mol. The number of nitrogens with zero attached hydrogens (tertiary/aromatic N) is 1. The summed E-state index contributed by atoms with van der Waals surface area (Å²) in [5.41, 5.74) is 14.6. The van der Waals surface area contributed by atoms with Crippen LogP contribution in [0.1, 0.15) is 30.5 Å². The van der Waals surface area contributed by atoms with Crippen molar-refractivity contribution in [3.8, 4) is 33.4 Å². The molecule has 1 nitrogen and oxygen atoms in total. The van der Waals surface area contributed by atoms with E-state index in [1.165, 1.54) is 55.0 Å². The van der Waals surface area contributed by atoms with Crippen LogP contribution in [0.3, 0.4) is 0 Å². The van der Waals surface area contributed by atoms with Crippen molar-refractivity contribution in [1.82, 2.24) is 0 Å². The van der Waals surface area contributed by atoms with Crippen LogP contribution >= 0.6 is 11.8 Å². The molecule has 0 radical (unpaired) electrons. The van der Waals surface area contributed by atoms with Gasteiger partial charge in [-0.05, 0) is 80.4 Å². The fourth-order valence-electron chi connectivity index (χ4n) is 6.99. The van der Waals surface area contributed by atoms with Gasteiger partial charge in [-0.25, -0.2) is 0 Å². The summed E-state index contributed by atoms with van der Waals surface area (Å²) in [7, 11) is 0. The quantitative estimate of drug-likeness (QED) is 0.188. The van der Waals surface area contributed by atoms with E-state index in [-0.39, 0.29) is 5.41 Å². The Bertz CT molecular complexity index is 2090. The second-order valence-electron chi connectivity index (χ2n) is 12.7. The molecule has 0 fully saturated rings. The second-order valence-corrected chi connectivity index (χ2v) is 13.7. The van der Waals surface area contributed by atoms with Gasteiger partial charge in [-0.2, -0.15) is 0 Å². The lowest BCUT2D eigenvalue weighted by Crippen LogP contribution is -2.16. The van der Waals surface area contributed by atoms with Crippen molar-refractivity contribution in [3.05, 3.63) is 192 Å². The normalized spacial score (nSPS) is 16.1. The molecule has 1 aliphatic heterocycles. The van der Waals surface area contributed by atoms with E-state index in [1.54, 1.807) is 0 Å². The van der Waals surface area contributed by atoms with Gasteiger partial charge in [0.05, 0.1) is 5.03 Å². The topological polar surface area (TPSA) is 3.24 Å². The summed E-state index contributed by atoms with van der Waals surface area (Å²) >= 11 is 1.84. The van der Waals surface area contributed by atoms with Crippen molar-refractivity contribution in [1.29, 1.82) is 0 Å². The Kier molecular flexibility index (Phi) is 7.31. The van der Waals surface area contributed by atoms with Gasteiger partial charge in [0.1, 0.15) is 0 Å². The Balaban J connectivity index is 1.28. The highest BCUT2D eigenvalue weighted by Gasteiger charge is 2.38. The Morgan fingerprint density at radius 2 is 1.06 bits per heavy atom. The first-order chi connectivity index (χ1) is 23.0. The predicted molar refractivity (Wildman–Crippen MR) is 202 cm³/mol. The number of hydrogen-bond acceptors (Lipinski definition) is 2. The summed E-state index contributed by atoms with van der Waals surface area (Å²) in [6.45, 7) is 9.19. The molecule has 47 heavy (non-hydrogen) atoms. The maximum Gasteiger partial charge on any atom is 0.0847 e. The Morgan fingerprint density at radius 1 is 0.532 bits per heavy atom. The van der Waals surface area contributed by atoms with Crippen LogP contribution in [-0.2, 0) is 5.41 Å². The van der Waals surface area contributed by atoms with Crippen LogP contribution in [0.2, 0.25) is 0 Å². The molecule has 0 N–H and O–H groups in total. The zero-order valence-corrected chi connectivity index (χ0v) is 27.5. The van der Waals surface area contributed by atoms with Gasteiger partial charge in [-0.3, -0.25) is 0 Å². The van der Waals surface area contributed by atoms with Gasteiger partial charge in [0.15, 0.2) is 0 Å². The van der Waals surface area contributed by atoms with E-state index >= 15 is 0 Å². The highest BCUT2D eigenvalue weighted by atomic mass is 32.2. The zero-order chi connectivity index (χ0) is 32.0. The molecule has 1 aliphatic carbocycles. The van der Waals surface area contributed by atoms with Gasteiger partial charge >= 0.3 is 0 Å². The molecule has 0 aromatic heterocycles. The third kappa shape index (κ3) is 5.16. The van der Waals surface area contributed by atoms with Crippen LogP contribution in [-0.4, -0.2) is 0 Å². The molecule has 0 bridgehead atoms. The van der Waals surface area contributed by atoms with Crippen molar-refractivity contribution in [2.45, 2.75) is 24.2 Å². The predicted octanol–water partition coefficient (Wildman–Crippen LogP) is 12.7. The molecule has 2 heteroatoms. The molecular formula is C45H35NS. The van der Waals surface area contributed by atoms with Crippen LogP contribution in [0.25, 0.3) is 39.0 Å². The maximum atomic E-state index is 4.50. The third-order valence-electron chi connectivity index (χ3n) is 9.48. The van der Waals surface area contributed by atoms with Gasteiger partial charge in [-0.15, -0.1) is 0 Å². The van der Waals surface area contributed by atoms with E-state index in [4.69, 9.17) is 0 Å². The largest absolute Gasteiger partial charge is 0.305 e. The minimum Gasteiger partial charge on any atom is -0.305 e. The zero-order valence-electron chi connectivity index (χ0n) is 26.7. The van der Waals surface area contributed by atoms with Gasteiger partial charge in [0, 0.05) is 27.2 Å². The lowest BCUT2D eigenvalue weighted by molar-refractivity contribution is 0.659. The summed E-state index contributed by atoms with van der Waals surface area (Å²) in [6, 6.07) is 52.5. The molecule has 226 valence electrons. The van der Waals surface area contributed by atoms with Crippen molar-refractivity contribution < 1.29 is 0 Å². The minimum absolute atomic E-state index is 0.0782. The molecule has 0 amide bonds. The van der Waals surface area contributed by atoms with E-state index < -0.39 is 0 Å². The first-order valence-corrected chi connectivity index (χ1v) is 16.9. The van der Waals surface area contributed by atoms with Crippen molar-refractivity contribution in [2.75, 3.05) is 4.90 Å². The Hall–Kier alpha value is -5.31. The molecule has 0 atom stereocenters. The SMILES string of the molecule is C=C1/C=C\C=C(\N(c2ccc(-c3ccccc3)cc2)c2ccc(-c3ccccc3)cc2)Sc2c1ccc1c2-c2ccccc2C1(C)C. The van der Waals surface area contributed by atoms with Gasteiger partial charge in [-0.1, -0.05) is 166 Å². The highest BCUT2D eigenvalue weighted by Crippen LogP contribution is 2.55. The molecule has 0 saturated carbocycles. The third-order valence-corrected chi connectivity index (χ3v) is 10.6. The van der Waals surface area contributed by atoms with Gasteiger partial charge in [0.2, 0.25) is 0 Å². The van der Waals surface area contributed by atoms with Gasteiger partial charge in [0.25, 0.3) is 0 Å². The molecule has 8 rings (SSSR count). The van der Waals surface area contributed by atoms with E-state index in [1.807, 2.05) is 11.8 Å². The van der Waals surface area contributed by atoms with Crippen LogP contribution in [0.5, 0.6) is 0 Å². The summed E-state index contributed by atoms with van der Waals surface area (Å²) in [4.78, 5) is 3.65. The summed E-state index contributed by atoms with van der Waals surface area (Å²) in [5, 5.41) is 1.13. The summed E-state index contributed by atoms with van der Waals surface area (Å²) in [5.74, 6) is 0.